The van der Waals surface area contributed by atoms with Crippen LogP contribution in [0.4, 0.5) is 0 Å². The van der Waals surface area contributed by atoms with Gasteiger partial charge in [0.05, 0.1) is 5.69 Å². The van der Waals surface area contributed by atoms with E-state index in [4.69, 9.17) is 4.52 Å². The van der Waals surface area contributed by atoms with Gasteiger partial charge in [-0.25, -0.2) is 0 Å². The highest BCUT2D eigenvalue weighted by molar-refractivity contribution is 7.98. The van der Waals surface area contributed by atoms with E-state index in [1.807, 2.05) is 6.26 Å². The van der Waals surface area contributed by atoms with Crippen molar-refractivity contribution in [2.45, 2.75) is 18.1 Å². The average Bonchev–Trinajstić information content (AvgIpc) is 2.46. The van der Waals surface area contributed by atoms with Crippen LogP contribution in [0.1, 0.15) is 11.3 Å². The zero-order chi connectivity index (χ0) is 8.55. The lowest BCUT2D eigenvalue weighted by Gasteiger charge is -2.20. The summed E-state index contributed by atoms with van der Waals surface area (Å²) in [5.41, 5.74) is 2.44. The summed E-state index contributed by atoms with van der Waals surface area (Å²) in [5, 5.41) is 5.02. The summed E-state index contributed by atoms with van der Waals surface area (Å²) in [6.45, 7) is 2.07. The first-order valence-electron chi connectivity index (χ1n) is 4.01. The van der Waals surface area contributed by atoms with Gasteiger partial charge in [-0.2, -0.15) is 0 Å². The maximum Gasteiger partial charge on any atom is 0.197 e. The Kier molecular flexibility index (Phi) is 2.11. The van der Waals surface area contributed by atoms with E-state index in [-0.39, 0.29) is 0 Å². The third kappa shape index (κ3) is 1.25. The molecule has 0 amide bonds. The van der Waals surface area contributed by atoms with Crippen LogP contribution in [-0.2, 0) is 13.0 Å². The average molecular weight is 184 g/mol. The molecular formula is C8H12N2OS. The van der Waals surface area contributed by atoms with Crippen LogP contribution in [0.25, 0.3) is 0 Å². The minimum absolute atomic E-state index is 0.981. The molecule has 0 saturated heterocycles. The predicted molar refractivity (Wildman–Crippen MR) is 48.3 cm³/mol. The molecule has 1 aromatic rings. The lowest BCUT2D eigenvalue weighted by atomic mass is 10.1. The minimum Gasteiger partial charge on any atom is -0.349 e. The van der Waals surface area contributed by atoms with E-state index in [1.165, 1.54) is 5.56 Å². The van der Waals surface area contributed by atoms with Crippen molar-refractivity contribution in [3.8, 4) is 0 Å². The zero-order valence-corrected chi connectivity index (χ0v) is 8.15. The number of likely N-dealkylation sites (N-methyl/N-ethyl adjacent to an activating group) is 1. The molecule has 0 spiro atoms. The molecule has 0 fully saturated rings. The van der Waals surface area contributed by atoms with Gasteiger partial charge in [0.25, 0.3) is 0 Å². The van der Waals surface area contributed by atoms with Crippen LogP contribution in [0.3, 0.4) is 0 Å². The number of fused-ring (bicyclic) bond motifs is 1. The third-order valence-electron chi connectivity index (χ3n) is 2.18. The van der Waals surface area contributed by atoms with Gasteiger partial charge in [0.15, 0.2) is 5.09 Å². The van der Waals surface area contributed by atoms with E-state index >= 15 is 0 Å². The van der Waals surface area contributed by atoms with Crippen molar-refractivity contribution in [2.24, 2.45) is 0 Å². The molecule has 0 aromatic carbocycles. The Labute approximate surface area is 76.1 Å². The maximum atomic E-state index is 5.20. The summed E-state index contributed by atoms with van der Waals surface area (Å²) in [6.07, 6.45) is 3.05. The molecule has 1 aliphatic rings. The monoisotopic (exact) mass is 184 g/mol. The van der Waals surface area contributed by atoms with E-state index in [0.717, 1.165) is 30.3 Å². The lowest BCUT2D eigenvalue weighted by Crippen LogP contribution is -2.26. The highest BCUT2D eigenvalue weighted by Crippen LogP contribution is 2.27. The minimum atomic E-state index is 0.981. The van der Waals surface area contributed by atoms with Crippen LogP contribution in [0.5, 0.6) is 0 Å². The Bertz CT molecular complexity index is 271. The summed E-state index contributed by atoms with van der Waals surface area (Å²) >= 11 is 1.64. The number of nitrogens with zero attached hydrogens (tertiary/aromatic N) is 2. The van der Waals surface area contributed by atoms with Gasteiger partial charge in [-0.05, 0) is 13.3 Å². The number of hydrogen-bond acceptors (Lipinski definition) is 4. The second-order valence-corrected chi connectivity index (χ2v) is 3.87. The van der Waals surface area contributed by atoms with Crippen molar-refractivity contribution in [1.29, 1.82) is 0 Å². The third-order valence-corrected chi connectivity index (χ3v) is 2.87. The first kappa shape index (κ1) is 8.13. The fraction of sp³-hybridized carbons (Fsp3) is 0.625. The van der Waals surface area contributed by atoms with Gasteiger partial charge in [-0.3, -0.25) is 0 Å². The van der Waals surface area contributed by atoms with Crippen LogP contribution in [0.15, 0.2) is 9.62 Å². The molecule has 3 nitrogen and oxygen atoms in total. The smallest absolute Gasteiger partial charge is 0.197 e. The molecule has 0 atom stereocenters. The molecule has 0 N–H and O–H groups in total. The maximum absolute atomic E-state index is 5.20. The summed E-state index contributed by atoms with van der Waals surface area (Å²) in [5.74, 6) is 0. The number of aromatic nitrogens is 1. The molecule has 0 unspecified atom stereocenters. The largest absolute Gasteiger partial charge is 0.349 e. The van der Waals surface area contributed by atoms with Gasteiger partial charge in [0.1, 0.15) is 0 Å². The van der Waals surface area contributed by atoms with Gasteiger partial charge in [0.2, 0.25) is 0 Å². The van der Waals surface area contributed by atoms with E-state index in [1.54, 1.807) is 11.8 Å². The quantitative estimate of drug-likeness (QED) is 0.617. The van der Waals surface area contributed by atoms with Crippen molar-refractivity contribution in [2.75, 3.05) is 19.8 Å². The van der Waals surface area contributed by atoms with E-state index in [9.17, 15) is 0 Å². The first-order chi connectivity index (χ1) is 5.81. The molecule has 2 rings (SSSR count). The number of rotatable bonds is 1. The second-order valence-electron chi connectivity index (χ2n) is 3.09. The molecule has 1 aromatic heterocycles. The SMILES string of the molecule is CSc1onc2c1CN(C)CC2. The molecule has 0 radical (unpaired) electrons. The van der Waals surface area contributed by atoms with Crippen LogP contribution in [-0.4, -0.2) is 29.9 Å². The molecule has 0 saturated carbocycles. The Morgan fingerprint density at radius 2 is 2.42 bits per heavy atom. The summed E-state index contributed by atoms with van der Waals surface area (Å²) in [7, 11) is 2.13. The van der Waals surface area contributed by atoms with Crippen LogP contribution < -0.4 is 0 Å². The van der Waals surface area contributed by atoms with E-state index in [0.29, 0.717) is 0 Å². The van der Waals surface area contributed by atoms with Crippen molar-refractivity contribution < 1.29 is 4.52 Å². The fourth-order valence-corrected chi connectivity index (χ4v) is 2.02. The normalized spacial score (nSPS) is 17.8. The second kappa shape index (κ2) is 3.11. The van der Waals surface area contributed by atoms with Crippen molar-refractivity contribution in [3.63, 3.8) is 0 Å². The van der Waals surface area contributed by atoms with E-state index in [2.05, 4.69) is 17.1 Å². The standard InChI is InChI=1S/C8H12N2OS/c1-10-4-3-7-6(5-10)8(12-2)11-9-7/h3-5H2,1-2H3. The molecule has 12 heavy (non-hydrogen) atoms. The van der Waals surface area contributed by atoms with Gasteiger partial charge < -0.3 is 9.42 Å². The molecule has 0 bridgehead atoms. The Balaban J connectivity index is 2.34. The lowest BCUT2D eigenvalue weighted by molar-refractivity contribution is 0.308. The van der Waals surface area contributed by atoms with Gasteiger partial charge >= 0.3 is 0 Å². The van der Waals surface area contributed by atoms with Crippen LogP contribution in [0, 0.1) is 0 Å². The topological polar surface area (TPSA) is 29.3 Å². The van der Waals surface area contributed by atoms with Crippen LogP contribution >= 0.6 is 11.8 Å². The fourth-order valence-electron chi connectivity index (χ4n) is 1.48. The van der Waals surface area contributed by atoms with Crippen molar-refractivity contribution in [1.82, 2.24) is 10.1 Å². The van der Waals surface area contributed by atoms with Crippen LogP contribution in [0.2, 0.25) is 0 Å². The highest BCUT2D eigenvalue weighted by atomic mass is 32.2. The van der Waals surface area contributed by atoms with Crippen molar-refractivity contribution in [3.05, 3.63) is 11.3 Å². The molecular weight excluding hydrogens is 172 g/mol. The first-order valence-corrected chi connectivity index (χ1v) is 5.23. The Hall–Kier alpha value is -0.480. The van der Waals surface area contributed by atoms with Crippen molar-refractivity contribution >= 4 is 11.8 Å². The van der Waals surface area contributed by atoms with Gasteiger partial charge in [-0.1, -0.05) is 16.9 Å². The number of hydrogen-bond donors (Lipinski definition) is 0. The molecule has 66 valence electrons. The molecule has 0 aliphatic carbocycles. The van der Waals surface area contributed by atoms with Gasteiger partial charge in [-0.15, -0.1) is 0 Å². The Morgan fingerprint density at radius 3 is 3.17 bits per heavy atom. The zero-order valence-electron chi connectivity index (χ0n) is 7.33. The van der Waals surface area contributed by atoms with E-state index < -0.39 is 0 Å². The summed E-state index contributed by atoms with van der Waals surface area (Å²) in [6, 6.07) is 0. The molecule has 2 heterocycles. The highest BCUT2D eigenvalue weighted by Gasteiger charge is 2.21. The molecule has 4 heteroatoms. The van der Waals surface area contributed by atoms with Gasteiger partial charge in [0, 0.05) is 25.1 Å². The number of thioether (sulfide) groups is 1. The predicted octanol–water partition coefficient (Wildman–Crippen LogP) is 1.38. The summed E-state index contributed by atoms with van der Waals surface area (Å²) < 4.78 is 5.20. The Morgan fingerprint density at radius 1 is 1.58 bits per heavy atom. The summed E-state index contributed by atoms with van der Waals surface area (Å²) in [4.78, 5) is 2.29. The molecule has 1 aliphatic heterocycles.